The predicted octanol–water partition coefficient (Wildman–Crippen LogP) is 3.39. The number of fused-ring (bicyclic) bond motifs is 2. The van der Waals surface area contributed by atoms with Crippen molar-refractivity contribution in [3.63, 3.8) is 0 Å². The van der Waals surface area contributed by atoms with Gasteiger partial charge in [-0.05, 0) is 17.7 Å². The third-order valence-electron chi connectivity index (χ3n) is 5.64. The number of anilines is 2. The van der Waals surface area contributed by atoms with Crippen LogP contribution in [-0.2, 0) is 4.74 Å². The number of methoxy groups -OCH3 is 1. The van der Waals surface area contributed by atoms with Gasteiger partial charge in [-0.25, -0.2) is 5.53 Å². The fourth-order valence-electron chi connectivity index (χ4n) is 4.04. The van der Waals surface area contributed by atoms with Crippen molar-refractivity contribution < 1.29 is 9.47 Å². The number of H-pyrrole nitrogens is 1. The molecule has 1 aliphatic carbocycles. The molecule has 1 saturated carbocycles. The maximum absolute atomic E-state index is 7.28. The second-order valence-electron chi connectivity index (χ2n) is 7.11. The summed E-state index contributed by atoms with van der Waals surface area (Å²) in [7, 11) is 3.42. The van der Waals surface area contributed by atoms with Crippen LogP contribution in [0, 0.1) is 17.4 Å². The van der Waals surface area contributed by atoms with Gasteiger partial charge >= 0.3 is 0 Å². The molecule has 5 rings (SSSR count). The largest absolute Gasteiger partial charge is 0.480 e. The summed E-state index contributed by atoms with van der Waals surface area (Å²) in [5.41, 5.74) is 11.3. The van der Waals surface area contributed by atoms with Crippen molar-refractivity contribution in [2.75, 3.05) is 38.0 Å². The van der Waals surface area contributed by atoms with Crippen LogP contribution in [0.2, 0.25) is 0 Å². The zero-order valence-electron chi connectivity index (χ0n) is 15.6. The number of rotatable bonds is 6. The Morgan fingerprint density at radius 3 is 2.82 bits per heavy atom. The van der Waals surface area contributed by atoms with Crippen molar-refractivity contribution in [2.45, 2.75) is 6.04 Å². The SMILES string of the molecule is CNc1cc(-c2c[nH]c3nc(N[C@@H]4[C@@H]5COC[C@@H]54)nc(OC)c23)ccc1N=N. The number of hydrogen-bond acceptors (Lipinski definition) is 8. The third-order valence-corrected chi connectivity index (χ3v) is 5.64. The van der Waals surface area contributed by atoms with Crippen LogP contribution in [0.15, 0.2) is 29.5 Å². The van der Waals surface area contributed by atoms with Gasteiger partial charge in [-0.15, -0.1) is 0 Å². The van der Waals surface area contributed by atoms with Crippen molar-refractivity contribution in [1.82, 2.24) is 15.0 Å². The molecule has 1 aromatic carbocycles. The number of aromatic nitrogens is 3. The van der Waals surface area contributed by atoms with E-state index in [4.69, 9.17) is 15.0 Å². The van der Waals surface area contributed by atoms with E-state index in [0.717, 1.165) is 35.4 Å². The van der Waals surface area contributed by atoms with Gasteiger partial charge in [-0.2, -0.15) is 15.1 Å². The van der Waals surface area contributed by atoms with E-state index in [1.54, 1.807) is 7.11 Å². The highest BCUT2D eigenvalue weighted by molar-refractivity contribution is 5.98. The maximum atomic E-state index is 7.28. The van der Waals surface area contributed by atoms with Crippen molar-refractivity contribution in [2.24, 2.45) is 17.0 Å². The number of hydrogen-bond donors (Lipinski definition) is 4. The Kier molecular flexibility index (Phi) is 3.90. The Morgan fingerprint density at radius 1 is 1.29 bits per heavy atom. The molecular weight excluding hydrogens is 358 g/mol. The minimum absolute atomic E-state index is 0.379. The highest BCUT2D eigenvalue weighted by Crippen LogP contribution is 2.46. The smallest absolute Gasteiger partial charge is 0.228 e. The molecule has 3 aromatic rings. The first-order valence-corrected chi connectivity index (χ1v) is 9.20. The molecule has 2 aliphatic rings. The van der Waals surface area contributed by atoms with Gasteiger partial charge < -0.3 is 25.1 Å². The molecule has 1 aliphatic heterocycles. The lowest BCUT2D eigenvalue weighted by Gasteiger charge is -2.11. The molecule has 2 fully saturated rings. The quantitative estimate of drug-likeness (QED) is 0.487. The van der Waals surface area contributed by atoms with Crippen LogP contribution in [0.1, 0.15) is 0 Å². The standard InChI is InChI=1S/C19H21N7O2/c1-21-14-5-9(3-4-13(14)26-20)10-6-22-17-15(10)18(27-2)25-19(24-17)23-16-11-7-28-8-12(11)16/h3-6,11-12,16,20-21H,7-8H2,1-2H3,(H2,22,23,24,25)/t11-,12+,16-. The molecule has 144 valence electrons. The van der Waals surface area contributed by atoms with Crippen LogP contribution in [-0.4, -0.2) is 48.4 Å². The molecule has 9 nitrogen and oxygen atoms in total. The fourth-order valence-corrected chi connectivity index (χ4v) is 4.04. The van der Waals surface area contributed by atoms with E-state index in [-0.39, 0.29) is 0 Å². The Hall–Kier alpha value is -3.20. The Bertz CT molecular complexity index is 1050. The average molecular weight is 379 g/mol. The van der Waals surface area contributed by atoms with E-state index in [2.05, 4.69) is 30.7 Å². The van der Waals surface area contributed by atoms with Gasteiger partial charge in [0.05, 0.1) is 31.4 Å². The van der Waals surface area contributed by atoms with Crippen molar-refractivity contribution in [3.8, 4) is 17.0 Å². The zero-order chi connectivity index (χ0) is 19.3. The molecule has 9 heteroatoms. The molecule has 0 amide bonds. The van der Waals surface area contributed by atoms with Gasteiger partial charge in [0.25, 0.3) is 0 Å². The number of nitrogens with one attached hydrogen (secondary N) is 4. The first-order chi connectivity index (χ1) is 13.7. The van der Waals surface area contributed by atoms with Gasteiger partial charge in [0.1, 0.15) is 11.3 Å². The monoisotopic (exact) mass is 379 g/mol. The summed E-state index contributed by atoms with van der Waals surface area (Å²) in [6, 6.07) is 6.06. The minimum atomic E-state index is 0.379. The molecule has 0 spiro atoms. The van der Waals surface area contributed by atoms with Crippen molar-refractivity contribution >= 4 is 28.4 Å². The lowest BCUT2D eigenvalue weighted by Crippen LogP contribution is -2.14. The molecule has 2 aromatic heterocycles. The average Bonchev–Trinajstić information content (AvgIpc) is 3.10. The van der Waals surface area contributed by atoms with Crippen LogP contribution in [0.5, 0.6) is 5.88 Å². The molecule has 4 N–H and O–H groups in total. The summed E-state index contributed by atoms with van der Waals surface area (Å²) in [4.78, 5) is 12.5. The first-order valence-electron chi connectivity index (χ1n) is 9.20. The fraction of sp³-hybridized carbons (Fsp3) is 0.368. The molecular formula is C19H21N7O2. The molecule has 3 heterocycles. The maximum Gasteiger partial charge on any atom is 0.228 e. The number of nitrogens with zero attached hydrogens (tertiary/aromatic N) is 3. The number of aromatic amines is 1. The Balaban J connectivity index is 1.53. The summed E-state index contributed by atoms with van der Waals surface area (Å²) in [6.45, 7) is 1.62. The van der Waals surface area contributed by atoms with Gasteiger partial charge in [0.15, 0.2) is 0 Å². The second-order valence-corrected chi connectivity index (χ2v) is 7.11. The van der Waals surface area contributed by atoms with Gasteiger partial charge in [-0.3, -0.25) is 0 Å². The van der Waals surface area contributed by atoms with E-state index in [0.29, 0.717) is 41.0 Å². The van der Waals surface area contributed by atoms with Gasteiger partial charge in [-0.1, -0.05) is 6.07 Å². The summed E-state index contributed by atoms with van der Waals surface area (Å²) >= 11 is 0. The first kappa shape index (κ1) is 16.9. The van der Waals surface area contributed by atoms with Gasteiger partial charge in [0.2, 0.25) is 11.8 Å². The summed E-state index contributed by atoms with van der Waals surface area (Å²) in [6.07, 6.45) is 1.90. The van der Waals surface area contributed by atoms with Crippen molar-refractivity contribution in [3.05, 3.63) is 24.4 Å². The van der Waals surface area contributed by atoms with Crippen LogP contribution in [0.3, 0.4) is 0 Å². The van der Waals surface area contributed by atoms with Crippen LogP contribution >= 0.6 is 0 Å². The normalized spacial score (nSPS) is 22.7. The van der Waals surface area contributed by atoms with Gasteiger partial charge in [0, 0.05) is 36.7 Å². The molecule has 1 saturated heterocycles. The molecule has 0 unspecified atom stereocenters. The van der Waals surface area contributed by atoms with E-state index < -0.39 is 0 Å². The van der Waals surface area contributed by atoms with Crippen LogP contribution < -0.4 is 15.4 Å². The third kappa shape index (κ3) is 2.58. The van der Waals surface area contributed by atoms with E-state index in [1.165, 1.54) is 0 Å². The zero-order valence-corrected chi connectivity index (χ0v) is 15.6. The highest BCUT2D eigenvalue weighted by Gasteiger charge is 2.54. The van der Waals surface area contributed by atoms with Crippen molar-refractivity contribution in [1.29, 1.82) is 5.53 Å². The second kappa shape index (κ2) is 6.45. The minimum Gasteiger partial charge on any atom is -0.480 e. The number of benzene rings is 1. The molecule has 3 atom stereocenters. The number of ether oxygens (including phenoxy) is 2. The molecule has 28 heavy (non-hydrogen) atoms. The molecule has 0 bridgehead atoms. The van der Waals surface area contributed by atoms with E-state index >= 15 is 0 Å². The summed E-state index contributed by atoms with van der Waals surface area (Å²) in [5, 5.41) is 10.9. The van der Waals surface area contributed by atoms with E-state index in [1.807, 2.05) is 31.4 Å². The topological polar surface area (TPSA) is 120 Å². The summed E-state index contributed by atoms with van der Waals surface area (Å²) < 4.78 is 11.0. The lowest BCUT2D eigenvalue weighted by molar-refractivity contribution is 0.162. The Labute approximate surface area is 161 Å². The predicted molar refractivity (Wildman–Crippen MR) is 105 cm³/mol. The summed E-state index contributed by atoms with van der Waals surface area (Å²) in [5.74, 6) is 2.21. The Morgan fingerprint density at radius 2 is 2.11 bits per heavy atom. The lowest BCUT2D eigenvalue weighted by atomic mass is 10.0. The van der Waals surface area contributed by atoms with Crippen LogP contribution in [0.4, 0.5) is 17.3 Å². The van der Waals surface area contributed by atoms with Crippen LogP contribution in [0.25, 0.3) is 22.2 Å². The molecule has 0 radical (unpaired) electrons. The van der Waals surface area contributed by atoms with E-state index in [9.17, 15) is 0 Å². The highest BCUT2D eigenvalue weighted by atomic mass is 16.5.